The molecule has 1 aliphatic heterocycles. The van der Waals surface area contributed by atoms with E-state index in [2.05, 4.69) is 63.9 Å². The molecule has 1 amide bonds. The number of aromatic nitrogens is 4. The molecule has 1 N–H and O–H groups in total. The number of ether oxygens (including phenoxy) is 2. The SMILES string of the molecule is COC(=O)c1nnn([C@H]2C[C@@H](C(=O)NCc3ccccn3)N(Cc3ccc(-c4ccccc4C)cc3)C2)c1C(=O)OC. The first-order valence-corrected chi connectivity index (χ1v) is 13.6. The number of methoxy groups -OCH3 is 2. The van der Waals surface area contributed by atoms with Crippen molar-refractivity contribution in [3.8, 4) is 11.1 Å². The Labute approximate surface area is 243 Å². The molecule has 0 spiro atoms. The summed E-state index contributed by atoms with van der Waals surface area (Å²) < 4.78 is 11.1. The Balaban J connectivity index is 1.41. The van der Waals surface area contributed by atoms with Crippen molar-refractivity contribution in [2.75, 3.05) is 20.8 Å². The summed E-state index contributed by atoms with van der Waals surface area (Å²) in [5.41, 5.74) is 4.90. The van der Waals surface area contributed by atoms with Crippen LogP contribution in [0, 0.1) is 6.92 Å². The van der Waals surface area contributed by atoms with Crippen LogP contribution in [0.1, 0.15) is 50.3 Å². The van der Waals surface area contributed by atoms with Gasteiger partial charge in [-0.3, -0.25) is 14.7 Å². The molecule has 1 saturated heterocycles. The zero-order valence-corrected chi connectivity index (χ0v) is 23.7. The predicted octanol–water partition coefficient (Wildman–Crippen LogP) is 3.35. The van der Waals surface area contributed by atoms with Crippen molar-refractivity contribution in [2.45, 2.75) is 38.5 Å². The van der Waals surface area contributed by atoms with Crippen molar-refractivity contribution in [3.63, 3.8) is 0 Å². The third-order valence-corrected chi connectivity index (χ3v) is 7.45. The van der Waals surface area contributed by atoms with Gasteiger partial charge in [-0.25, -0.2) is 14.3 Å². The van der Waals surface area contributed by atoms with E-state index in [9.17, 15) is 14.4 Å². The Bertz CT molecular complexity index is 1570. The smallest absolute Gasteiger partial charge is 0.361 e. The lowest BCUT2D eigenvalue weighted by Crippen LogP contribution is -2.42. The van der Waals surface area contributed by atoms with Gasteiger partial charge in [0.05, 0.1) is 38.5 Å². The highest BCUT2D eigenvalue weighted by atomic mass is 16.5. The molecule has 5 rings (SSSR count). The Morgan fingerprint density at radius 3 is 2.38 bits per heavy atom. The largest absolute Gasteiger partial charge is 0.464 e. The number of hydrogen-bond donors (Lipinski definition) is 1. The average Bonchev–Trinajstić information content (AvgIpc) is 3.65. The summed E-state index contributed by atoms with van der Waals surface area (Å²) in [7, 11) is 2.42. The van der Waals surface area contributed by atoms with Crippen LogP contribution in [0.25, 0.3) is 11.1 Å². The van der Waals surface area contributed by atoms with E-state index in [4.69, 9.17) is 9.47 Å². The second-order valence-corrected chi connectivity index (χ2v) is 10.1. The molecule has 0 aliphatic carbocycles. The van der Waals surface area contributed by atoms with Crippen molar-refractivity contribution in [1.29, 1.82) is 0 Å². The molecule has 4 aromatic rings. The van der Waals surface area contributed by atoms with Gasteiger partial charge in [-0.05, 0) is 47.7 Å². The third kappa shape index (κ3) is 6.06. The third-order valence-electron chi connectivity index (χ3n) is 7.45. The molecule has 11 heteroatoms. The molecule has 42 heavy (non-hydrogen) atoms. The first-order chi connectivity index (χ1) is 20.4. The number of carbonyl (C=O) groups is 3. The molecule has 0 saturated carbocycles. The van der Waals surface area contributed by atoms with E-state index < -0.39 is 24.0 Å². The molecule has 1 fully saturated rings. The standard InChI is InChI=1S/C31H32N6O5/c1-20-8-4-5-10-25(20)22-13-11-21(12-14-22)18-36-19-24(16-26(36)29(38)33-17-23-9-6-7-15-32-23)37-28(31(40)42-3)27(34-35-37)30(39)41-2/h4-15,24,26H,16-19H2,1-3H3,(H,33,38)/t24-,26-/m0/s1. The number of carbonyl (C=O) groups excluding carboxylic acids is 3. The number of likely N-dealkylation sites (tertiary alicyclic amines) is 1. The lowest BCUT2D eigenvalue weighted by atomic mass is 9.99. The van der Waals surface area contributed by atoms with Gasteiger partial charge in [-0.1, -0.05) is 59.8 Å². The van der Waals surface area contributed by atoms with E-state index >= 15 is 0 Å². The summed E-state index contributed by atoms with van der Waals surface area (Å²) in [5.74, 6) is -1.73. The van der Waals surface area contributed by atoms with Crippen molar-refractivity contribution < 1.29 is 23.9 Å². The van der Waals surface area contributed by atoms with Gasteiger partial charge in [0.2, 0.25) is 11.6 Å². The fourth-order valence-electron chi connectivity index (χ4n) is 5.29. The van der Waals surface area contributed by atoms with E-state index in [1.807, 2.05) is 35.2 Å². The summed E-state index contributed by atoms with van der Waals surface area (Å²) in [4.78, 5) is 44.8. The first kappa shape index (κ1) is 28.6. The van der Waals surface area contributed by atoms with Gasteiger partial charge in [-0.15, -0.1) is 5.10 Å². The lowest BCUT2D eigenvalue weighted by Gasteiger charge is -2.23. The van der Waals surface area contributed by atoms with Crippen LogP contribution in [0.3, 0.4) is 0 Å². The maximum absolute atomic E-state index is 13.5. The van der Waals surface area contributed by atoms with Crippen LogP contribution < -0.4 is 5.32 Å². The van der Waals surface area contributed by atoms with Gasteiger partial charge in [0.15, 0.2) is 5.69 Å². The van der Waals surface area contributed by atoms with Gasteiger partial charge >= 0.3 is 11.9 Å². The maximum atomic E-state index is 13.5. The van der Waals surface area contributed by atoms with Crippen molar-refractivity contribution >= 4 is 17.8 Å². The summed E-state index contributed by atoms with van der Waals surface area (Å²) in [6.45, 7) is 3.23. The topological polar surface area (TPSA) is 129 Å². The van der Waals surface area contributed by atoms with Crippen molar-refractivity contribution in [3.05, 3.63) is 101 Å². The van der Waals surface area contributed by atoms with E-state index in [0.29, 0.717) is 19.5 Å². The van der Waals surface area contributed by atoms with Crippen molar-refractivity contribution in [1.82, 2.24) is 30.2 Å². The summed E-state index contributed by atoms with van der Waals surface area (Å²) >= 11 is 0. The minimum atomic E-state index is -0.796. The number of nitrogens with zero attached hydrogens (tertiary/aromatic N) is 5. The van der Waals surface area contributed by atoms with Crippen LogP contribution in [-0.4, -0.2) is 69.5 Å². The molecular formula is C31H32N6O5. The summed E-state index contributed by atoms with van der Waals surface area (Å²) in [5, 5.41) is 11.0. The van der Waals surface area contributed by atoms with Crippen LogP contribution in [0.4, 0.5) is 0 Å². The molecule has 3 heterocycles. The second kappa shape index (κ2) is 12.7. The lowest BCUT2D eigenvalue weighted by molar-refractivity contribution is -0.125. The molecule has 0 unspecified atom stereocenters. The fraction of sp³-hybridized carbons (Fsp3) is 0.290. The Morgan fingerprint density at radius 2 is 1.69 bits per heavy atom. The summed E-state index contributed by atoms with van der Waals surface area (Å²) in [6, 6.07) is 21.1. The average molecular weight is 569 g/mol. The minimum absolute atomic E-state index is 0.105. The highest BCUT2D eigenvalue weighted by Crippen LogP contribution is 2.31. The van der Waals surface area contributed by atoms with Gasteiger partial charge < -0.3 is 14.8 Å². The highest BCUT2D eigenvalue weighted by Gasteiger charge is 2.41. The number of aryl methyl sites for hydroxylation is 1. The molecule has 0 radical (unpaired) electrons. The quantitative estimate of drug-likeness (QED) is 0.302. The van der Waals surface area contributed by atoms with Gasteiger partial charge in [0.1, 0.15) is 0 Å². The van der Waals surface area contributed by atoms with Crippen LogP contribution in [0.5, 0.6) is 0 Å². The predicted molar refractivity (Wildman–Crippen MR) is 153 cm³/mol. The normalized spacial score (nSPS) is 16.6. The Morgan fingerprint density at radius 1 is 0.952 bits per heavy atom. The minimum Gasteiger partial charge on any atom is -0.464 e. The number of amides is 1. The van der Waals surface area contributed by atoms with Crippen LogP contribution in [-0.2, 0) is 27.4 Å². The van der Waals surface area contributed by atoms with Gasteiger partial charge in [0.25, 0.3) is 0 Å². The van der Waals surface area contributed by atoms with E-state index in [1.54, 1.807) is 6.20 Å². The number of hydrogen-bond acceptors (Lipinski definition) is 9. The van der Waals surface area contributed by atoms with Crippen LogP contribution in [0.2, 0.25) is 0 Å². The van der Waals surface area contributed by atoms with Gasteiger partial charge in [0, 0.05) is 19.3 Å². The molecule has 11 nitrogen and oxygen atoms in total. The number of rotatable bonds is 9. The number of nitrogens with one attached hydrogen (secondary N) is 1. The molecular weight excluding hydrogens is 536 g/mol. The molecule has 2 aromatic carbocycles. The zero-order chi connectivity index (χ0) is 29.6. The molecule has 0 bridgehead atoms. The van der Waals surface area contributed by atoms with E-state index in [-0.39, 0.29) is 23.8 Å². The van der Waals surface area contributed by atoms with Crippen molar-refractivity contribution in [2.24, 2.45) is 0 Å². The fourth-order valence-corrected chi connectivity index (χ4v) is 5.29. The van der Waals surface area contributed by atoms with Gasteiger partial charge in [-0.2, -0.15) is 0 Å². The zero-order valence-electron chi connectivity index (χ0n) is 23.7. The van der Waals surface area contributed by atoms with Crippen LogP contribution in [0.15, 0.2) is 72.9 Å². The molecule has 2 aromatic heterocycles. The summed E-state index contributed by atoms with van der Waals surface area (Å²) in [6.07, 6.45) is 2.02. The highest BCUT2D eigenvalue weighted by molar-refractivity contribution is 6.00. The van der Waals surface area contributed by atoms with E-state index in [0.717, 1.165) is 16.8 Å². The van der Waals surface area contributed by atoms with E-state index in [1.165, 1.54) is 30.0 Å². The first-order valence-electron chi connectivity index (χ1n) is 13.6. The monoisotopic (exact) mass is 568 g/mol. The van der Waals surface area contributed by atoms with Crippen LogP contribution >= 0.6 is 0 Å². The molecule has 2 atom stereocenters. The number of pyridine rings is 1. The molecule has 1 aliphatic rings. The maximum Gasteiger partial charge on any atom is 0.361 e. The molecule has 216 valence electrons. The second-order valence-electron chi connectivity index (χ2n) is 10.1. The Hall–Kier alpha value is -4.90. The Kier molecular flexibility index (Phi) is 8.68. The number of esters is 2. The number of benzene rings is 2.